The van der Waals surface area contributed by atoms with E-state index >= 15 is 0 Å². The summed E-state index contributed by atoms with van der Waals surface area (Å²) in [7, 11) is 1.61. The van der Waals surface area contributed by atoms with Gasteiger partial charge in [-0.05, 0) is 25.7 Å². The van der Waals surface area contributed by atoms with Crippen LogP contribution in [0.2, 0.25) is 0 Å². The minimum Gasteiger partial charge on any atom is -0.380 e. The molecule has 4 nitrogen and oxygen atoms in total. The molecule has 4 heteroatoms. The van der Waals surface area contributed by atoms with Crippen molar-refractivity contribution in [3.8, 4) is 0 Å². The third-order valence-corrected chi connectivity index (χ3v) is 3.42. The molecule has 1 saturated heterocycles. The van der Waals surface area contributed by atoms with Crippen molar-refractivity contribution in [3.63, 3.8) is 0 Å². The first kappa shape index (κ1) is 13.5. The number of carbonyl (C=O) groups excluding carboxylic acids is 1. The normalized spacial score (nSPS) is 23.2. The van der Waals surface area contributed by atoms with Crippen LogP contribution < -0.4 is 5.73 Å². The first-order valence-electron chi connectivity index (χ1n) is 6.25. The van der Waals surface area contributed by atoms with E-state index in [4.69, 9.17) is 10.5 Å². The summed E-state index contributed by atoms with van der Waals surface area (Å²) in [5, 5.41) is 0. The summed E-state index contributed by atoms with van der Waals surface area (Å²) in [5.41, 5.74) is 5.53. The zero-order valence-electron chi connectivity index (χ0n) is 10.4. The number of amides is 1. The van der Waals surface area contributed by atoms with Crippen LogP contribution in [-0.2, 0) is 9.53 Å². The summed E-state index contributed by atoms with van der Waals surface area (Å²) in [6, 6.07) is 0.427. The number of methoxy groups -OCH3 is 1. The van der Waals surface area contributed by atoms with Crippen LogP contribution in [0.5, 0.6) is 0 Å². The Bertz CT molecular complexity index is 217. The number of rotatable bonds is 5. The average molecular weight is 228 g/mol. The van der Waals surface area contributed by atoms with Crippen molar-refractivity contribution in [3.05, 3.63) is 0 Å². The fraction of sp³-hybridized carbons (Fsp3) is 0.917. The number of nitrogens with zero attached hydrogens (tertiary/aromatic N) is 1. The van der Waals surface area contributed by atoms with Crippen molar-refractivity contribution in [2.75, 3.05) is 20.2 Å². The predicted octanol–water partition coefficient (Wildman–Crippen LogP) is 1.14. The summed E-state index contributed by atoms with van der Waals surface area (Å²) < 4.78 is 5.16. The second kappa shape index (κ2) is 6.86. The highest BCUT2D eigenvalue weighted by molar-refractivity contribution is 5.77. The summed E-state index contributed by atoms with van der Waals surface area (Å²) in [4.78, 5) is 14.1. The van der Waals surface area contributed by atoms with Crippen LogP contribution in [0.3, 0.4) is 0 Å². The number of hydrogen-bond acceptors (Lipinski definition) is 3. The molecule has 1 rings (SSSR count). The Morgan fingerprint density at radius 3 is 2.88 bits per heavy atom. The van der Waals surface area contributed by atoms with Crippen molar-refractivity contribution in [1.29, 1.82) is 0 Å². The van der Waals surface area contributed by atoms with Crippen molar-refractivity contribution >= 4 is 5.91 Å². The van der Waals surface area contributed by atoms with E-state index in [1.807, 2.05) is 4.90 Å². The van der Waals surface area contributed by atoms with Gasteiger partial charge in [0.05, 0.1) is 12.5 Å². The summed E-state index contributed by atoms with van der Waals surface area (Å²) in [6.07, 6.45) is 4.85. The minimum atomic E-state index is -0.132. The van der Waals surface area contributed by atoms with Crippen molar-refractivity contribution in [2.45, 2.75) is 51.2 Å². The lowest BCUT2D eigenvalue weighted by Crippen LogP contribution is -2.45. The van der Waals surface area contributed by atoms with E-state index in [2.05, 4.69) is 6.92 Å². The largest absolute Gasteiger partial charge is 0.380 e. The van der Waals surface area contributed by atoms with Crippen LogP contribution in [-0.4, -0.2) is 43.2 Å². The van der Waals surface area contributed by atoms with E-state index < -0.39 is 0 Å². The monoisotopic (exact) mass is 228 g/mol. The zero-order chi connectivity index (χ0) is 12.0. The zero-order valence-corrected chi connectivity index (χ0v) is 10.4. The molecule has 1 fully saturated rings. The topological polar surface area (TPSA) is 55.6 Å². The van der Waals surface area contributed by atoms with Crippen molar-refractivity contribution < 1.29 is 9.53 Å². The molecule has 1 aliphatic rings. The molecule has 0 bridgehead atoms. The van der Waals surface area contributed by atoms with Gasteiger partial charge in [0.25, 0.3) is 0 Å². The molecule has 0 aromatic rings. The molecule has 1 amide bonds. The molecule has 2 unspecified atom stereocenters. The maximum atomic E-state index is 12.1. The molecule has 0 aliphatic carbocycles. The predicted molar refractivity (Wildman–Crippen MR) is 64.1 cm³/mol. The second-order valence-corrected chi connectivity index (χ2v) is 4.44. The molecule has 0 radical (unpaired) electrons. The molecule has 2 N–H and O–H groups in total. The van der Waals surface area contributed by atoms with Crippen LogP contribution in [0.25, 0.3) is 0 Å². The van der Waals surface area contributed by atoms with Crippen LogP contribution in [0.1, 0.15) is 39.0 Å². The Morgan fingerprint density at radius 2 is 2.31 bits per heavy atom. The molecule has 0 spiro atoms. The highest BCUT2D eigenvalue weighted by Gasteiger charge is 2.26. The first-order valence-corrected chi connectivity index (χ1v) is 6.25. The number of nitrogens with two attached hydrogens (primary N) is 1. The van der Waals surface area contributed by atoms with Gasteiger partial charge in [0.1, 0.15) is 0 Å². The Hall–Kier alpha value is -0.610. The molecule has 0 aromatic carbocycles. The first-order chi connectivity index (χ1) is 7.72. The Kier molecular flexibility index (Phi) is 5.77. The molecule has 94 valence electrons. The van der Waals surface area contributed by atoms with E-state index in [9.17, 15) is 4.79 Å². The number of piperidine rings is 1. The van der Waals surface area contributed by atoms with Gasteiger partial charge in [-0.1, -0.05) is 6.92 Å². The Balaban J connectivity index is 2.50. The van der Waals surface area contributed by atoms with Gasteiger partial charge in [-0.3, -0.25) is 4.79 Å². The van der Waals surface area contributed by atoms with E-state index in [1.165, 1.54) is 6.42 Å². The quantitative estimate of drug-likeness (QED) is 0.767. The number of carbonyl (C=O) groups is 1. The van der Waals surface area contributed by atoms with Gasteiger partial charge in [0.2, 0.25) is 5.91 Å². The molecule has 16 heavy (non-hydrogen) atoms. The average Bonchev–Trinajstić information content (AvgIpc) is 2.35. The van der Waals surface area contributed by atoms with E-state index in [-0.39, 0.29) is 12.0 Å². The third kappa shape index (κ3) is 3.46. The van der Waals surface area contributed by atoms with Gasteiger partial charge in [-0.15, -0.1) is 0 Å². The Morgan fingerprint density at radius 1 is 1.56 bits per heavy atom. The lowest BCUT2D eigenvalue weighted by Gasteiger charge is -2.36. The van der Waals surface area contributed by atoms with E-state index in [1.54, 1.807) is 7.11 Å². The molecule has 2 atom stereocenters. The standard InChI is InChI=1S/C12H24N2O2/c1-3-10-6-4-5-7-14(10)12(15)8-11(9-13)16-2/h10-11H,3-9,13H2,1-2H3. The van der Waals surface area contributed by atoms with Gasteiger partial charge >= 0.3 is 0 Å². The van der Waals surface area contributed by atoms with Gasteiger partial charge in [0, 0.05) is 26.2 Å². The SMILES string of the molecule is CCC1CCCCN1C(=O)CC(CN)OC. The summed E-state index contributed by atoms with van der Waals surface area (Å²) in [5.74, 6) is 0.198. The van der Waals surface area contributed by atoms with E-state index in [0.717, 1.165) is 25.8 Å². The maximum Gasteiger partial charge on any atom is 0.225 e. The highest BCUT2D eigenvalue weighted by Crippen LogP contribution is 2.20. The van der Waals surface area contributed by atoms with Crippen LogP contribution in [0.15, 0.2) is 0 Å². The maximum absolute atomic E-state index is 12.1. The smallest absolute Gasteiger partial charge is 0.225 e. The van der Waals surface area contributed by atoms with Gasteiger partial charge in [-0.2, -0.15) is 0 Å². The van der Waals surface area contributed by atoms with E-state index in [0.29, 0.717) is 19.0 Å². The lowest BCUT2D eigenvalue weighted by atomic mass is 9.99. The summed E-state index contributed by atoms with van der Waals surface area (Å²) in [6.45, 7) is 3.46. The van der Waals surface area contributed by atoms with Crippen molar-refractivity contribution in [2.24, 2.45) is 5.73 Å². The fourth-order valence-corrected chi connectivity index (χ4v) is 2.33. The van der Waals surface area contributed by atoms with Crippen LogP contribution in [0.4, 0.5) is 0 Å². The highest BCUT2D eigenvalue weighted by atomic mass is 16.5. The van der Waals surface area contributed by atoms with Gasteiger partial charge < -0.3 is 15.4 Å². The fourth-order valence-electron chi connectivity index (χ4n) is 2.33. The minimum absolute atomic E-state index is 0.132. The van der Waals surface area contributed by atoms with Crippen molar-refractivity contribution in [1.82, 2.24) is 4.90 Å². The number of likely N-dealkylation sites (tertiary alicyclic amines) is 1. The van der Waals surface area contributed by atoms with Gasteiger partial charge in [0.15, 0.2) is 0 Å². The van der Waals surface area contributed by atoms with Crippen LogP contribution >= 0.6 is 0 Å². The van der Waals surface area contributed by atoms with Crippen LogP contribution in [0, 0.1) is 0 Å². The molecular formula is C12H24N2O2. The Labute approximate surface area is 98.1 Å². The van der Waals surface area contributed by atoms with Gasteiger partial charge in [-0.25, -0.2) is 0 Å². The molecule has 0 saturated carbocycles. The lowest BCUT2D eigenvalue weighted by molar-refractivity contribution is -0.137. The number of ether oxygens (including phenoxy) is 1. The molecule has 1 heterocycles. The summed E-state index contributed by atoms with van der Waals surface area (Å²) >= 11 is 0. The third-order valence-electron chi connectivity index (χ3n) is 3.42. The molecular weight excluding hydrogens is 204 g/mol. The molecule has 1 aliphatic heterocycles. The number of hydrogen-bond donors (Lipinski definition) is 1. The second-order valence-electron chi connectivity index (χ2n) is 4.44. The molecule has 0 aromatic heterocycles.